The van der Waals surface area contributed by atoms with Gasteiger partial charge in [-0.25, -0.2) is 10.8 Å². The number of hydrogen-bond acceptors (Lipinski definition) is 5. The summed E-state index contributed by atoms with van der Waals surface area (Å²) >= 11 is 6.08. The normalized spacial score (nSPS) is 15.2. The van der Waals surface area contributed by atoms with Crippen molar-refractivity contribution in [1.82, 2.24) is 10.4 Å². The van der Waals surface area contributed by atoms with Gasteiger partial charge >= 0.3 is 0 Å². The van der Waals surface area contributed by atoms with E-state index in [4.69, 9.17) is 22.2 Å². The Kier molecular flexibility index (Phi) is 5.17. The second-order valence-electron chi connectivity index (χ2n) is 5.61. The van der Waals surface area contributed by atoms with Gasteiger partial charge in [-0.15, -0.1) is 0 Å². The molecule has 0 atom stereocenters. The maximum absolute atomic E-state index is 11.5. The van der Waals surface area contributed by atoms with E-state index in [9.17, 15) is 4.79 Å². The Labute approximate surface area is 145 Å². The van der Waals surface area contributed by atoms with E-state index in [2.05, 4.69) is 15.3 Å². The van der Waals surface area contributed by atoms with Crippen molar-refractivity contribution in [2.24, 2.45) is 5.84 Å². The molecule has 2 heterocycles. The summed E-state index contributed by atoms with van der Waals surface area (Å²) in [6.07, 6.45) is 3.56. The number of nitrogens with zero attached hydrogens (tertiary/aromatic N) is 2. The Morgan fingerprint density at radius 3 is 2.58 bits per heavy atom. The van der Waals surface area contributed by atoms with E-state index in [0.717, 1.165) is 31.6 Å². The van der Waals surface area contributed by atoms with Gasteiger partial charge in [-0.3, -0.25) is 10.2 Å². The summed E-state index contributed by atoms with van der Waals surface area (Å²) < 4.78 is 5.90. The largest absolute Gasteiger partial charge is 0.473 e. The molecule has 0 unspecified atom stereocenters. The Bertz CT molecular complexity index is 700. The smallest absolute Gasteiger partial charge is 0.265 e. The number of nitrogens with one attached hydrogen (secondary N) is 1. The lowest BCUT2D eigenvalue weighted by molar-refractivity contribution is 0.0953. The number of carbonyl (C=O) groups excluding carboxylic acids is 1. The van der Waals surface area contributed by atoms with Gasteiger partial charge in [0.1, 0.15) is 11.1 Å². The molecule has 1 aliphatic rings. The molecule has 0 spiro atoms. The Hall–Kier alpha value is -2.31. The van der Waals surface area contributed by atoms with Crippen LogP contribution in [0, 0.1) is 0 Å². The van der Waals surface area contributed by atoms with Crippen molar-refractivity contribution < 1.29 is 9.53 Å². The zero-order valence-electron chi connectivity index (χ0n) is 13.1. The quantitative estimate of drug-likeness (QED) is 0.505. The van der Waals surface area contributed by atoms with Gasteiger partial charge in [0.2, 0.25) is 5.88 Å². The number of benzene rings is 1. The summed E-state index contributed by atoms with van der Waals surface area (Å²) in [6, 6.07) is 11.0. The molecule has 6 nitrogen and oxygen atoms in total. The van der Waals surface area contributed by atoms with Crippen molar-refractivity contribution in [3.05, 3.63) is 53.2 Å². The minimum atomic E-state index is -0.291. The van der Waals surface area contributed by atoms with Crippen molar-refractivity contribution in [1.29, 1.82) is 0 Å². The topological polar surface area (TPSA) is 80.5 Å². The monoisotopic (exact) mass is 346 g/mol. The van der Waals surface area contributed by atoms with Crippen molar-refractivity contribution >= 4 is 23.2 Å². The van der Waals surface area contributed by atoms with Crippen LogP contribution in [0.2, 0.25) is 5.02 Å². The molecular weight excluding hydrogens is 328 g/mol. The molecule has 0 radical (unpaired) electrons. The van der Waals surface area contributed by atoms with Crippen LogP contribution in [-0.2, 0) is 0 Å². The number of ether oxygens (including phenoxy) is 1. The predicted molar refractivity (Wildman–Crippen MR) is 93.2 cm³/mol. The number of carbonyl (C=O) groups is 1. The van der Waals surface area contributed by atoms with E-state index in [1.165, 1.54) is 0 Å². The van der Waals surface area contributed by atoms with Crippen LogP contribution in [0.25, 0.3) is 0 Å². The molecule has 0 aliphatic carbocycles. The van der Waals surface area contributed by atoms with E-state index >= 15 is 0 Å². The molecule has 126 valence electrons. The van der Waals surface area contributed by atoms with Crippen LogP contribution in [-0.4, -0.2) is 30.1 Å². The number of anilines is 1. The number of halogens is 1. The number of amides is 1. The number of hydrogen-bond donors (Lipinski definition) is 2. The first-order valence-electron chi connectivity index (χ1n) is 7.80. The molecule has 1 aliphatic heterocycles. The van der Waals surface area contributed by atoms with Gasteiger partial charge in [0.25, 0.3) is 5.91 Å². The lowest BCUT2D eigenvalue weighted by atomic mass is 10.1. The van der Waals surface area contributed by atoms with Gasteiger partial charge in [-0.05, 0) is 36.4 Å². The van der Waals surface area contributed by atoms with Gasteiger partial charge in [-0.1, -0.05) is 11.6 Å². The average Bonchev–Trinajstić information content (AvgIpc) is 2.64. The van der Waals surface area contributed by atoms with Crippen molar-refractivity contribution in [2.75, 3.05) is 18.0 Å². The average molecular weight is 347 g/mol. The van der Waals surface area contributed by atoms with Crippen LogP contribution in [0.15, 0.2) is 42.6 Å². The molecule has 1 fully saturated rings. The first-order chi connectivity index (χ1) is 11.7. The molecule has 3 rings (SSSR count). The van der Waals surface area contributed by atoms with Crippen molar-refractivity contribution in [2.45, 2.75) is 18.9 Å². The van der Waals surface area contributed by atoms with E-state index in [1.807, 2.05) is 12.1 Å². The maximum Gasteiger partial charge on any atom is 0.265 e. The molecule has 0 bridgehead atoms. The van der Waals surface area contributed by atoms with Crippen molar-refractivity contribution in [3.63, 3.8) is 0 Å². The van der Waals surface area contributed by atoms with Crippen LogP contribution in [0.5, 0.6) is 5.88 Å². The maximum atomic E-state index is 11.5. The molecule has 7 heteroatoms. The standard InChI is InChI=1S/C17H19ClN4O2/c18-15-2-1-9-20-17(15)24-14-7-10-22(11-8-14)13-5-3-12(4-6-13)16(23)21-19/h1-6,9,14H,7-8,10-11,19H2,(H,21,23). The lowest BCUT2D eigenvalue weighted by Crippen LogP contribution is -2.38. The number of rotatable bonds is 4. The van der Waals surface area contributed by atoms with Gasteiger partial charge in [0.15, 0.2) is 0 Å². The van der Waals surface area contributed by atoms with E-state index in [1.54, 1.807) is 30.5 Å². The van der Waals surface area contributed by atoms with E-state index < -0.39 is 0 Å². The zero-order valence-corrected chi connectivity index (χ0v) is 13.9. The fourth-order valence-electron chi connectivity index (χ4n) is 2.75. The molecule has 0 saturated carbocycles. The highest BCUT2D eigenvalue weighted by Crippen LogP contribution is 2.26. The Morgan fingerprint density at radius 1 is 1.25 bits per heavy atom. The first kappa shape index (κ1) is 16.5. The summed E-state index contributed by atoms with van der Waals surface area (Å²) in [5.74, 6) is 5.34. The van der Waals surface area contributed by atoms with Gasteiger partial charge in [-0.2, -0.15) is 0 Å². The first-order valence-corrected chi connectivity index (χ1v) is 8.18. The predicted octanol–water partition coefficient (Wildman–Crippen LogP) is 2.39. The SMILES string of the molecule is NNC(=O)c1ccc(N2CCC(Oc3ncccc3Cl)CC2)cc1. The van der Waals surface area contributed by atoms with Crippen LogP contribution < -0.4 is 20.9 Å². The third kappa shape index (κ3) is 3.77. The fraction of sp³-hybridized carbons (Fsp3) is 0.294. The minimum Gasteiger partial charge on any atom is -0.473 e. The number of aromatic nitrogens is 1. The highest BCUT2D eigenvalue weighted by Gasteiger charge is 2.22. The van der Waals surface area contributed by atoms with Gasteiger partial charge in [0.05, 0.1) is 0 Å². The Balaban J connectivity index is 1.57. The second kappa shape index (κ2) is 7.51. The highest BCUT2D eigenvalue weighted by molar-refractivity contribution is 6.31. The van der Waals surface area contributed by atoms with Crippen LogP contribution in [0.3, 0.4) is 0 Å². The summed E-state index contributed by atoms with van der Waals surface area (Å²) in [4.78, 5) is 17.9. The molecule has 1 saturated heterocycles. The summed E-state index contributed by atoms with van der Waals surface area (Å²) in [5.41, 5.74) is 3.75. The number of piperidine rings is 1. The molecule has 1 aromatic heterocycles. The van der Waals surface area contributed by atoms with Crippen molar-refractivity contribution in [3.8, 4) is 5.88 Å². The summed E-state index contributed by atoms with van der Waals surface area (Å²) in [6.45, 7) is 1.75. The molecular formula is C17H19ClN4O2. The highest BCUT2D eigenvalue weighted by atomic mass is 35.5. The number of nitrogens with two attached hydrogens (primary N) is 1. The lowest BCUT2D eigenvalue weighted by Gasteiger charge is -2.33. The third-order valence-electron chi connectivity index (χ3n) is 4.07. The second-order valence-corrected chi connectivity index (χ2v) is 6.02. The van der Waals surface area contributed by atoms with E-state index in [-0.39, 0.29) is 12.0 Å². The van der Waals surface area contributed by atoms with E-state index in [0.29, 0.717) is 16.5 Å². The molecule has 24 heavy (non-hydrogen) atoms. The number of pyridine rings is 1. The fourth-order valence-corrected chi connectivity index (χ4v) is 2.92. The molecule has 2 aromatic rings. The summed E-state index contributed by atoms with van der Waals surface area (Å²) in [5, 5.41) is 0.536. The third-order valence-corrected chi connectivity index (χ3v) is 4.36. The van der Waals surface area contributed by atoms with Crippen LogP contribution in [0.4, 0.5) is 5.69 Å². The molecule has 3 N–H and O–H groups in total. The van der Waals surface area contributed by atoms with Crippen LogP contribution >= 0.6 is 11.6 Å². The molecule has 1 aromatic carbocycles. The summed E-state index contributed by atoms with van der Waals surface area (Å²) in [7, 11) is 0. The molecule has 1 amide bonds. The number of nitrogen functional groups attached to an aromatic ring is 1. The minimum absolute atomic E-state index is 0.107. The Morgan fingerprint density at radius 2 is 1.96 bits per heavy atom. The van der Waals surface area contributed by atoms with Gasteiger partial charge in [0, 0.05) is 43.4 Å². The zero-order chi connectivity index (χ0) is 16.9. The van der Waals surface area contributed by atoms with Gasteiger partial charge < -0.3 is 9.64 Å². The van der Waals surface area contributed by atoms with Crippen LogP contribution in [0.1, 0.15) is 23.2 Å². The number of hydrazine groups is 1.